The number of methoxy groups -OCH3 is 1. The van der Waals surface area contributed by atoms with Crippen molar-refractivity contribution in [2.75, 3.05) is 7.11 Å². The molecule has 0 saturated heterocycles. The topological polar surface area (TPSA) is 64.3 Å². The van der Waals surface area contributed by atoms with Gasteiger partial charge in [0.25, 0.3) is 5.91 Å². The van der Waals surface area contributed by atoms with Crippen molar-refractivity contribution in [2.45, 2.75) is 37.8 Å². The van der Waals surface area contributed by atoms with Crippen molar-refractivity contribution < 1.29 is 9.53 Å². The Kier molecular flexibility index (Phi) is 4.86. The molecule has 0 aliphatic heterocycles. The van der Waals surface area contributed by atoms with Crippen molar-refractivity contribution in [3.63, 3.8) is 0 Å². The number of hydrogen-bond acceptors (Lipinski definition) is 3. The monoisotopic (exact) mass is 324 g/mol. The predicted octanol–water partition coefficient (Wildman–Crippen LogP) is 3.35. The lowest BCUT2D eigenvalue weighted by atomic mass is 9.87. The van der Waals surface area contributed by atoms with E-state index in [-0.39, 0.29) is 11.4 Å². The highest BCUT2D eigenvalue weighted by atomic mass is 16.5. The van der Waals surface area contributed by atoms with Crippen LogP contribution in [0.4, 0.5) is 0 Å². The molecule has 4 nitrogen and oxygen atoms in total. The van der Waals surface area contributed by atoms with Gasteiger partial charge in [-0.25, -0.2) is 0 Å². The second-order valence-corrected chi connectivity index (χ2v) is 6.37. The van der Waals surface area contributed by atoms with Gasteiger partial charge in [-0.15, -0.1) is 0 Å². The van der Waals surface area contributed by atoms with E-state index in [2.05, 4.69) is 17.4 Å². The SMILES string of the molecule is COc1ccc(C2(NC(=O)c3ccc(CN)cc3)CCCC2)cc1. The second kappa shape index (κ2) is 7.05. The molecule has 4 heteroatoms. The minimum atomic E-state index is -0.282. The zero-order valence-corrected chi connectivity index (χ0v) is 14.0. The molecule has 24 heavy (non-hydrogen) atoms. The van der Waals surface area contributed by atoms with E-state index in [1.165, 1.54) is 0 Å². The number of rotatable bonds is 5. The summed E-state index contributed by atoms with van der Waals surface area (Å²) in [4.78, 5) is 12.7. The summed E-state index contributed by atoms with van der Waals surface area (Å²) in [6, 6.07) is 15.5. The average molecular weight is 324 g/mol. The van der Waals surface area contributed by atoms with E-state index in [0.717, 1.165) is 42.6 Å². The maximum absolute atomic E-state index is 12.7. The fourth-order valence-corrected chi connectivity index (χ4v) is 3.46. The fraction of sp³-hybridized carbons (Fsp3) is 0.350. The van der Waals surface area contributed by atoms with Crippen LogP contribution in [0.5, 0.6) is 5.75 Å². The molecule has 2 aromatic carbocycles. The molecule has 3 N–H and O–H groups in total. The van der Waals surface area contributed by atoms with Crippen LogP contribution in [0.1, 0.15) is 47.2 Å². The highest BCUT2D eigenvalue weighted by Gasteiger charge is 2.37. The summed E-state index contributed by atoms with van der Waals surface area (Å²) in [5.74, 6) is 0.798. The Labute approximate surface area is 143 Å². The minimum Gasteiger partial charge on any atom is -0.497 e. The summed E-state index contributed by atoms with van der Waals surface area (Å²) in [6.45, 7) is 0.484. The number of carbonyl (C=O) groups excluding carboxylic acids is 1. The quantitative estimate of drug-likeness (QED) is 0.886. The van der Waals surface area contributed by atoms with Gasteiger partial charge in [0.1, 0.15) is 5.75 Å². The van der Waals surface area contributed by atoms with Crippen molar-refractivity contribution in [3.8, 4) is 5.75 Å². The smallest absolute Gasteiger partial charge is 0.251 e. The third-order valence-corrected chi connectivity index (χ3v) is 4.90. The summed E-state index contributed by atoms with van der Waals surface area (Å²) in [6.07, 6.45) is 4.18. The van der Waals surface area contributed by atoms with E-state index in [0.29, 0.717) is 12.1 Å². The second-order valence-electron chi connectivity index (χ2n) is 6.37. The molecule has 0 aromatic heterocycles. The van der Waals surface area contributed by atoms with Crippen LogP contribution in [0.2, 0.25) is 0 Å². The first-order chi connectivity index (χ1) is 11.7. The number of benzene rings is 2. The Morgan fingerprint density at radius 2 is 1.71 bits per heavy atom. The highest BCUT2D eigenvalue weighted by molar-refractivity contribution is 5.94. The van der Waals surface area contributed by atoms with Crippen LogP contribution in [-0.2, 0) is 12.1 Å². The van der Waals surface area contributed by atoms with Crippen LogP contribution in [0, 0.1) is 0 Å². The molecule has 1 aliphatic rings. The lowest BCUT2D eigenvalue weighted by Gasteiger charge is -2.31. The molecule has 0 radical (unpaired) electrons. The Balaban J connectivity index is 1.83. The van der Waals surface area contributed by atoms with Gasteiger partial charge in [0.15, 0.2) is 0 Å². The summed E-state index contributed by atoms with van der Waals surface area (Å²) < 4.78 is 5.24. The first-order valence-electron chi connectivity index (χ1n) is 8.43. The fourth-order valence-electron chi connectivity index (χ4n) is 3.46. The van der Waals surface area contributed by atoms with Crippen LogP contribution in [-0.4, -0.2) is 13.0 Å². The predicted molar refractivity (Wildman–Crippen MR) is 94.9 cm³/mol. The minimum absolute atomic E-state index is 0.0312. The zero-order valence-electron chi connectivity index (χ0n) is 14.0. The first-order valence-corrected chi connectivity index (χ1v) is 8.43. The summed E-state index contributed by atoms with van der Waals surface area (Å²) >= 11 is 0. The third kappa shape index (κ3) is 3.29. The van der Waals surface area contributed by atoms with Crippen molar-refractivity contribution in [3.05, 3.63) is 65.2 Å². The molecule has 0 atom stereocenters. The Morgan fingerprint density at radius 3 is 2.25 bits per heavy atom. The number of nitrogens with two attached hydrogens (primary N) is 1. The first kappa shape index (κ1) is 16.5. The average Bonchev–Trinajstić information content (AvgIpc) is 3.11. The van der Waals surface area contributed by atoms with Gasteiger partial charge in [-0.2, -0.15) is 0 Å². The Morgan fingerprint density at radius 1 is 1.08 bits per heavy atom. The molecule has 0 bridgehead atoms. The van der Waals surface area contributed by atoms with Gasteiger partial charge in [-0.1, -0.05) is 37.1 Å². The number of amides is 1. The molecule has 1 aliphatic carbocycles. The van der Waals surface area contributed by atoms with Crippen molar-refractivity contribution >= 4 is 5.91 Å². The van der Waals surface area contributed by atoms with Gasteiger partial charge in [-0.05, 0) is 48.2 Å². The number of nitrogens with one attached hydrogen (secondary N) is 1. The lowest BCUT2D eigenvalue weighted by Crippen LogP contribution is -2.43. The van der Waals surface area contributed by atoms with Crippen LogP contribution >= 0.6 is 0 Å². The molecule has 3 rings (SSSR count). The van der Waals surface area contributed by atoms with Gasteiger partial charge in [0.05, 0.1) is 12.6 Å². The molecule has 1 saturated carbocycles. The van der Waals surface area contributed by atoms with Gasteiger partial charge in [0.2, 0.25) is 0 Å². The summed E-state index contributed by atoms with van der Waals surface area (Å²) in [7, 11) is 1.66. The van der Waals surface area contributed by atoms with Gasteiger partial charge in [0, 0.05) is 12.1 Å². The Hall–Kier alpha value is -2.33. The van der Waals surface area contributed by atoms with E-state index in [1.807, 2.05) is 36.4 Å². The van der Waals surface area contributed by atoms with Crippen LogP contribution < -0.4 is 15.8 Å². The van der Waals surface area contributed by atoms with E-state index in [4.69, 9.17) is 10.5 Å². The molecular weight excluding hydrogens is 300 g/mol. The van der Waals surface area contributed by atoms with Crippen molar-refractivity contribution in [1.82, 2.24) is 5.32 Å². The maximum atomic E-state index is 12.7. The van der Waals surface area contributed by atoms with Crippen LogP contribution in [0.15, 0.2) is 48.5 Å². The molecule has 2 aromatic rings. The van der Waals surface area contributed by atoms with Crippen molar-refractivity contribution in [2.24, 2.45) is 5.73 Å². The summed E-state index contributed by atoms with van der Waals surface area (Å²) in [5.41, 5.74) is 8.18. The highest BCUT2D eigenvalue weighted by Crippen LogP contribution is 2.39. The van der Waals surface area contributed by atoms with Crippen LogP contribution in [0.25, 0.3) is 0 Å². The number of carbonyl (C=O) groups is 1. The molecule has 0 spiro atoms. The molecule has 0 heterocycles. The van der Waals surface area contributed by atoms with Crippen LogP contribution in [0.3, 0.4) is 0 Å². The molecule has 1 amide bonds. The van der Waals surface area contributed by atoms with E-state index >= 15 is 0 Å². The van der Waals surface area contributed by atoms with E-state index in [9.17, 15) is 4.79 Å². The number of hydrogen-bond donors (Lipinski definition) is 2. The van der Waals surface area contributed by atoms with Crippen molar-refractivity contribution in [1.29, 1.82) is 0 Å². The van der Waals surface area contributed by atoms with E-state index < -0.39 is 0 Å². The number of ether oxygens (including phenoxy) is 1. The molecule has 1 fully saturated rings. The normalized spacial score (nSPS) is 15.9. The molecular formula is C20H24N2O2. The lowest BCUT2D eigenvalue weighted by molar-refractivity contribution is 0.0898. The standard InChI is InChI=1S/C20H24N2O2/c1-24-18-10-8-17(9-11-18)20(12-2-3-13-20)22-19(23)16-6-4-15(14-21)5-7-16/h4-11H,2-3,12-14,21H2,1H3,(H,22,23). The molecule has 126 valence electrons. The Bertz CT molecular complexity index is 687. The third-order valence-electron chi connectivity index (χ3n) is 4.90. The van der Waals surface area contributed by atoms with E-state index in [1.54, 1.807) is 7.11 Å². The van der Waals surface area contributed by atoms with Gasteiger partial charge >= 0.3 is 0 Å². The van der Waals surface area contributed by atoms with Gasteiger partial charge < -0.3 is 15.8 Å². The van der Waals surface area contributed by atoms with Gasteiger partial charge in [-0.3, -0.25) is 4.79 Å². The summed E-state index contributed by atoms with van der Waals surface area (Å²) in [5, 5.41) is 3.29. The zero-order chi connectivity index (χ0) is 17.0. The molecule has 0 unspecified atom stereocenters. The maximum Gasteiger partial charge on any atom is 0.251 e. The largest absolute Gasteiger partial charge is 0.497 e.